The lowest BCUT2D eigenvalue weighted by molar-refractivity contribution is -0.119. The SMILES string of the molecule is Cc1ccnc(C)c1C(=O)N1CC2CN(C(CC(N)=O)c3ccc(Cl)c(Cl)c3)CC2C1. The van der Waals surface area contributed by atoms with Crippen LogP contribution in [0.5, 0.6) is 0 Å². The monoisotopic (exact) mass is 460 g/mol. The van der Waals surface area contributed by atoms with Crippen molar-refractivity contribution in [2.75, 3.05) is 26.2 Å². The Morgan fingerprint density at radius 2 is 1.77 bits per heavy atom. The summed E-state index contributed by atoms with van der Waals surface area (Å²) in [6, 6.07) is 7.20. The predicted octanol–water partition coefficient (Wildman–Crippen LogP) is 3.63. The van der Waals surface area contributed by atoms with Gasteiger partial charge in [-0.15, -0.1) is 0 Å². The van der Waals surface area contributed by atoms with Crippen LogP contribution >= 0.6 is 23.2 Å². The molecule has 4 rings (SSSR count). The number of hydrogen-bond acceptors (Lipinski definition) is 4. The number of nitrogens with zero attached hydrogens (tertiary/aromatic N) is 3. The molecule has 6 nitrogen and oxygen atoms in total. The number of carbonyl (C=O) groups is 2. The minimum Gasteiger partial charge on any atom is -0.370 e. The topological polar surface area (TPSA) is 79.5 Å². The van der Waals surface area contributed by atoms with E-state index in [0.717, 1.165) is 29.9 Å². The van der Waals surface area contributed by atoms with Crippen LogP contribution in [0.3, 0.4) is 0 Å². The Bertz CT molecular complexity index is 994. The van der Waals surface area contributed by atoms with Gasteiger partial charge in [0.05, 0.1) is 21.3 Å². The molecule has 2 N–H and O–H groups in total. The summed E-state index contributed by atoms with van der Waals surface area (Å²) >= 11 is 12.3. The van der Waals surface area contributed by atoms with Crippen LogP contribution in [0.2, 0.25) is 10.0 Å². The van der Waals surface area contributed by atoms with E-state index in [1.807, 2.05) is 36.9 Å². The first-order chi connectivity index (χ1) is 14.7. The van der Waals surface area contributed by atoms with Crippen molar-refractivity contribution in [3.8, 4) is 0 Å². The number of aryl methyl sites for hydroxylation is 2. The lowest BCUT2D eigenvalue weighted by atomic mass is 10.0. The highest BCUT2D eigenvalue weighted by atomic mass is 35.5. The van der Waals surface area contributed by atoms with Crippen molar-refractivity contribution < 1.29 is 9.59 Å². The average Bonchev–Trinajstić information content (AvgIpc) is 3.27. The number of hydrogen-bond donors (Lipinski definition) is 1. The van der Waals surface area contributed by atoms with Crippen LogP contribution in [0, 0.1) is 25.7 Å². The molecule has 2 fully saturated rings. The van der Waals surface area contributed by atoms with Gasteiger partial charge in [0, 0.05) is 44.8 Å². The number of likely N-dealkylation sites (tertiary alicyclic amines) is 2. The van der Waals surface area contributed by atoms with Gasteiger partial charge in [-0.3, -0.25) is 19.5 Å². The van der Waals surface area contributed by atoms with E-state index in [1.165, 1.54) is 0 Å². The van der Waals surface area contributed by atoms with Gasteiger partial charge in [-0.05, 0) is 55.0 Å². The Morgan fingerprint density at radius 3 is 2.35 bits per heavy atom. The van der Waals surface area contributed by atoms with Crippen LogP contribution in [0.1, 0.15) is 39.6 Å². The third-order valence-electron chi connectivity index (χ3n) is 6.53. The maximum atomic E-state index is 13.2. The van der Waals surface area contributed by atoms with E-state index in [9.17, 15) is 9.59 Å². The fourth-order valence-electron chi connectivity index (χ4n) is 4.99. The summed E-state index contributed by atoms with van der Waals surface area (Å²) < 4.78 is 0. The molecule has 2 amide bonds. The second-order valence-electron chi connectivity index (χ2n) is 8.63. The number of amides is 2. The van der Waals surface area contributed by atoms with Crippen molar-refractivity contribution >= 4 is 35.0 Å². The predicted molar refractivity (Wildman–Crippen MR) is 121 cm³/mol. The first kappa shape index (κ1) is 22.1. The second-order valence-corrected chi connectivity index (χ2v) is 9.45. The van der Waals surface area contributed by atoms with E-state index in [-0.39, 0.29) is 24.3 Å². The Hall–Kier alpha value is -2.15. The number of nitrogens with two attached hydrogens (primary N) is 1. The van der Waals surface area contributed by atoms with Crippen molar-refractivity contribution in [2.45, 2.75) is 26.3 Å². The molecule has 0 spiro atoms. The molecule has 3 heterocycles. The minimum absolute atomic E-state index is 0.0576. The number of carbonyl (C=O) groups excluding carboxylic acids is 2. The van der Waals surface area contributed by atoms with E-state index < -0.39 is 0 Å². The molecule has 3 atom stereocenters. The van der Waals surface area contributed by atoms with Gasteiger partial charge in [0.2, 0.25) is 5.91 Å². The maximum absolute atomic E-state index is 13.2. The van der Waals surface area contributed by atoms with Gasteiger partial charge in [-0.25, -0.2) is 0 Å². The van der Waals surface area contributed by atoms with E-state index in [4.69, 9.17) is 28.9 Å². The molecule has 0 radical (unpaired) electrons. The van der Waals surface area contributed by atoms with Gasteiger partial charge in [0.25, 0.3) is 5.91 Å². The molecule has 0 aliphatic carbocycles. The van der Waals surface area contributed by atoms with Crippen molar-refractivity contribution in [1.29, 1.82) is 0 Å². The molecule has 31 heavy (non-hydrogen) atoms. The quantitative estimate of drug-likeness (QED) is 0.738. The molecule has 164 valence electrons. The Labute approximate surface area is 192 Å². The molecule has 2 aromatic rings. The smallest absolute Gasteiger partial charge is 0.255 e. The minimum atomic E-state index is -0.354. The van der Waals surface area contributed by atoms with E-state index >= 15 is 0 Å². The average molecular weight is 461 g/mol. The molecule has 8 heteroatoms. The number of pyridine rings is 1. The van der Waals surface area contributed by atoms with E-state index in [2.05, 4.69) is 9.88 Å². The third kappa shape index (κ3) is 4.43. The summed E-state index contributed by atoms with van der Waals surface area (Å²) in [4.78, 5) is 33.5. The zero-order valence-electron chi connectivity index (χ0n) is 17.6. The van der Waals surface area contributed by atoms with E-state index in [0.29, 0.717) is 40.5 Å². The van der Waals surface area contributed by atoms with Gasteiger partial charge in [0.15, 0.2) is 0 Å². The molecular weight excluding hydrogens is 435 g/mol. The Kier molecular flexibility index (Phi) is 6.24. The summed E-state index contributed by atoms with van der Waals surface area (Å²) in [6.07, 6.45) is 1.95. The molecule has 2 aliphatic rings. The zero-order chi connectivity index (χ0) is 22.3. The third-order valence-corrected chi connectivity index (χ3v) is 7.27. The highest BCUT2D eigenvalue weighted by Crippen LogP contribution is 2.39. The number of halogens is 2. The highest BCUT2D eigenvalue weighted by Gasteiger charge is 2.44. The zero-order valence-corrected chi connectivity index (χ0v) is 19.2. The number of aromatic nitrogens is 1. The summed E-state index contributed by atoms with van der Waals surface area (Å²) in [7, 11) is 0. The standard InChI is InChI=1S/C23H26Cl2N4O2/c1-13-5-6-27-14(2)22(13)23(31)29-11-16-9-28(10-17(16)12-29)20(8-21(26)30)15-3-4-18(24)19(25)7-15/h3-7,16-17,20H,8-12H2,1-2H3,(H2,26,30). The van der Waals surface area contributed by atoms with Gasteiger partial charge in [0.1, 0.15) is 0 Å². The number of benzene rings is 1. The van der Waals surface area contributed by atoms with Crippen molar-refractivity contribution in [2.24, 2.45) is 17.6 Å². The van der Waals surface area contributed by atoms with Gasteiger partial charge in [-0.2, -0.15) is 0 Å². The summed E-state index contributed by atoms with van der Waals surface area (Å²) in [5.41, 5.74) is 8.92. The van der Waals surface area contributed by atoms with Crippen molar-refractivity contribution in [1.82, 2.24) is 14.8 Å². The number of rotatable bonds is 5. The fraction of sp³-hybridized carbons (Fsp3) is 0.435. The summed E-state index contributed by atoms with van der Waals surface area (Å²) in [5, 5.41) is 0.948. The Balaban J connectivity index is 1.49. The molecule has 2 aliphatic heterocycles. The molecule has 0 saturated carbocycles. The molecule has 1 aromatic carbocycles. The first-order valence-corrected chi connectivity index (χ1v) is 11.2. The number of primary amides is 1. The second kappa shape index (κ2) is 8.77. The first-order valence-electron chi connectivity index (χ1n) is 10.4. The lowest BCUT2D eigenvalue weighted by Gasteiger charge is -2.29. The van der Waals surface area contributed by atoms with E-state index in [1.54, 1.807) is 12.3 Å². The van der Waals surface area contributed by atoms with Crippen LogP contribution < -0.4 is 5.73 Å². The highest BCUT2D eigenvalue weighted by molar-refractivity contribution is 6.42. The van der Waals surface area contributed by atoms with Crippen LogP contribution in [0.4, 0.5) is 0 Å². The normalized spacial score (nSPS) is 21.9. The largest absolute Gasteiger partial charge is 0.370 e. The molecule has 3 unspecified atom stereocenters. The van der Waals surface area contributed by atoms with Gasteiger partial charge < -0.3 is 10.6 Å². The number of fused-ring (bicyclic) bond motifs is 1. The molecule has 2 saturated heterocycles. The molecule has 1 aromatic heterocycles. The van der Waals surface area contributed by atoms with Crippen LogP contribution in [-0.2, 0) is 4.79 Å². The molecular formula is C23H26Cl2N4O2. The van der Waals surface area contributed by atoms with Crippen LogP contribution in [0.15, 0.2) is 30.5 Å². The Morgan fingerprint density at radius 1 is 1.10 bits per heavy atom. The van der Waals surface area contributed by atoms with Gasteiger partial charge in [-0.1, -0.05) is 29.3 Å². The van der Waals surface area contributed by atoms with Crippen molar-refractivity contribution in [3.05, 3.63) is 62.9 Å². The fourth-order valence-corrected chi connectivity index (χ4v) is 5.30. The van der Waals surface area contributed by atoms with Gasteiger partial charge >= 0.3 is 0 Å². The summed E-state index contributed by atoms with van der Waals surface area (Å²) in [5.74, 6) is 0.424. The lowest BCUT2D eigenvalue weighted by Crippen LogP contribution is -2.36. The van der Waals surface area contributed by atoms with Crippen molar-refractivity contribution in [3.63, 3.8) is 0 Å². The van der Waals surface area contributed by atoms with Crippen LogP contribution in [0.25, 0.3) is 0 Å². The van der Waals surface area contributed by atoms with Crippen LogP contribution in [-0.4, -0.2) is 52.8 Å². The summed E-state index contributed by atoms with van der Waals surface area (Å²) in [6.45, 7) is 6.85. The maximum Gasteiger partial charge on any atom is 0.255 e. The molecule has 0 bridgehead atoms.